The molecule has 0 radical (unpaired) electrons. The average molecular weight is 341 g/mol. The molecule has 0 fully saturated rings. The van der Waals surface area contributed by atoms with Gasteiger partial charge in [0.25, 0.3) is 0 Å². The molecule has 5 nitrogen and oxygen atoms in total. The van der Waals surface area contributed by atoms with Crippen LogP contribution < -0.4 is 19.5 Å². The summed E-state index contributed by atoms with van der Waals surface area (Å²) >= 11 is 0. The van der Waals surface area contributed by atoms with Crippen molar-refractivity contribution in [2.45, 2.75) is 32.3 Å². The van der Waals surface area contributed by atoms with Gasteiger partial charge in [0.05, 0.1) is 26.0 Å². The highest BCUT2D eigenvalue weighted by Crippen LogP contribution is 2.45. The Morgan fingerprint density at radius 2 is 1.76 bits per heavy atom. The molecule has 0 aliphatic carbocycles. The number of fused-ring (bicyclic) bond motifs is 1. The number of methoxy groups -OCH3 is 2. The minimum absolute atomic E-state index is 0.0182. The highest BCUT2D eigenvalue weighted by molar-refractivity contribution is 5.96. The fourth-order valence-electron chi connectivity index (χ4n) is 3.18. The van der Waals surface area contributed by atoms with Gasteiger partial charge >= 0.3 is 0 Å². The van der Waals surface area contributed by atoms with E-state index in [0.29, 0.717) is 17.9 Å². The van der Waals surface area contributed by atoms with E-state index in [2.05, 4.69) is 5.32 Å². The molecule has 1 atom stereocenters. The third-order valence-electron chi connectivity index (χ3n) is 4.24. The van der Waals surface area contributed by atoms with Gasteiger partial charge in [0.15, 0.2) is 0 Å². The summed E-state index contributed by atoms with van der Waals surface area (Å²) in [7, 11) is 3.22. The molecule has 0 unspecified atom stereocenters. The summed E-state index contributed by atoms with van der Waals surface area (Å²) in [6.07, 6.45) is 0.500. The monoisotopic (exact) mass is 341 g/mol. The van der Waals surface area contributed by atoms with Gasteiger partial charge in [-0.3, -0.25) is 4.79 Å². The number of benzene rings is 2. The second-order valence-corrected chi connectivity index (χ2v) is 6.33. The van der Waals surface area contributed by atoms with Gasteiger partial charge in [0.2, 0.25) is 5.91 Å². The van der Waals surface area contributed by atoms with Crippen molar-refractivity contribution < 1.29 is 19.0 Å². The first kappa shape index (κ1) is 17.1. The standard InChI is InChI=1S/C20H23NO4/c1-12(2)25-14-7-5-13(6-8-14)16-11-19(22)21-17-9-15(23-3)10-18(24-4)20(16)17/h5-10,12,16H,11H2,1-4H3,(H,21,22)/t16-/m0/s1. The molecule has 1 heterocycles. The van der Waals surface area contributed by atoms with Crippen LogP contribution in [-0.4, -0.2) is 26.2 Å². The molecule has 2 aromatic carbocycles. The zero-order valence-corrected chi connectivity index (χ0v) is 15.0. The molecule has 132 valence electrons. The van der Waals surface area contributed by atoms with Gasteiger partial charge in [0.1, 0.15) is 17.2 Å². The SMILES string of the molecule is COc1cc2c(c(OC)c1)[C@H](c1ccc(OC(C)C)cc1)CC(=O)N2. The quantitative estimate of drug-likeness (QED) is 0.894. The molecule has 5 heteroatoms. The Morgan fingerprint density at radius 3 is 2.36 bits per heavy atom. The fourth-order valence-corrected chi connectivity index (χ4v) is 3.18. The molecule has 0 saturated heterocycles. The van der Waals surface area contributed by atoms with Crippen molar-refractivity contribution >= 4 is 11.6 Å². The molecule has 1 N–H and O–H groups in total. The van der Waals surface area contributed by atoms with Crippen LogP contribution in [-0.2, 0) is 4.79 Å². The smallest absolute Gasteiger partial charge is 0.225 e. The van der Waals surface area contributed by atoms with Crippen LogP contribution in [0.15, 0.2) is 36.4 Å². The highest BCUT2D eigenvalue weighted by atomic mass is 16.5. The van der Waals surface area contributed by atoms with Crippen LogP contribution >= 0.6 is 0 Å². The molecule has 3 rings (SSSR count). The first-order chi connectivity index (χ1) is 12.0. The molecular formula is C20H23NO4. The first-order valence-corrected chi connectivity index (χ1v) is 8.34. The molecule has 0 spiro atoms. The molecule has 0 aromatic heterocycles. The maximum atomic E-state index is 12.2. The van der Waals surface area contributed by atoms with E-state index in [1.165, 1.54) is 0 Å². The highest BCUT2D eigenvalue weighted by Gasteiger charge is 2.30. The van der Waals surface area contributed by atoms with E-state index in [1.807, 2.05) is 50.2 Å². The predicted molar refractivity (Wildman–Crippen MR) is 96.8 cm³/mol. The summed E-state index contributed by atoms with van der Waals surface area (Å²) in [5, 5.41) is 2.92. The van der Waals surface area contributed by atoms with E-state index in [1.54, 1.807) is 14.2 Å². The van der Waals surface area contributed by atoms with Gasteiger partial charge < -0.3 is 19.5 Å². The molecule has 1 aliphatic rings. The molecule has 25 heavy (non-hydrogen) atoms. The summed E-state index contributed by atoms with van der Waals surface area (Å²) < 4.78 is 16.6. The molecule has 1 aliphatic heterocycles. The van der Waals surface area contributed by atoms with E-state index < -0.39 is 0 Å². The van der Waals surface area contributed by atoms with Crippen molar-refractivity contribution in [3.63, 3.8) is 0 Å². The van der Waals surface area contributed by atoms with Crippen LogP contribution in [0.5, 0.6) is 17.2 Å². The van der Waals surface area contributed by atoms with E-state index in [-0.39, 0.29) is 17.9 Å². The largest absolute Gasteiger partial charge is 0.497 e. The van der Waals surface area contributed by atoms with Crippen molar-refractivity contribution in [3.05, 3.63) is 47.5 Å². The number of carbonyl (C=O) groups is 1. The van der Waals surface area contributed by atoms with Crippen LogP contribution in [0, 0.1) is 0 Å². The lowest BCUT2D eigenvalue weighted by Crippen LogP contribution is -2.24. The summed E-state index contributed by atoms with van der Waals surface area (Å²) in [5.41, 5.74) is 2.76. The molecule has 0 saturated carbocycles. The van der Waals surface area contributed by atoms with Crippen molar-refractivity contribution in [1.29, 1.82) is 0 Å². The maximum absolute atomic E-state index is 12.2. The van der Waals surface area contributed by atoms with Gasteiger partial charge in [-0.1, -0.05) is 12.1 Å². The van der Waals surface area contributed by atoms with E-state index >= 15 is 0 Å². The lowest BCUT2D eigenvalue weighted by molar-refractivity contribution is -0.116. The van der Waals surface area contributed by atoms with Crippen LogP contribution in [0.25, 0.3) is 0 Å². The van der Waals surface area contributed by atoms with Crippen molar-refractivity contribution in [2.75, 3.05) is 19.5 Å². The Bertz CT molecular complexity index is 768. The van der Waals surface area contributed by atoms with E-state index in [0.717, 1.165) is 22.6 Å². The Labute approximate surface area is 147 Å². The van der Waals surface area contributed by atoms with Gasteiger partial charge in [0, 0.05) is 30.0 Å². The summed E-state index contributed by atoms with van der Waals surface area (Å²) in [6.45, 7) is 3.99. The third-order valence-corrected chi connectivity index (χ3v) is 4.24. The Morgan fingerprint density at radius 1 is 1.04 bits per heavy atom. The number of hydrogen-bond acceptors (Lipinski definition) is 4. The summed E-state index contributed by atoms with van der Waals surface area (Å²) in [4.78, 5) is 12.2. The van der Waals surface area contributed by atoms with Crippen LogP contribution in [0.3, 0.4) is 0 Å². The van der Waals surface area contributed by atoms with Gasteiger partial charge in [-0.15, -0.1) is 0 Å². The summed E-state index contributed by atoms with van der Waals surface area (Å²) in [6, 6.07) is 11.6. The third kappa shape index (κ3) is 3.55. The minimum Gasteiger partial charge on any atom is -0.497 e. The number of rotatable bonds is 5. The lowest BCUT2D eigenvalue weighted by atomic mass is 9.84. The Hall–Kier alpha value is -2.69. The fraction of sp³-hybridized carbons (Fsp3) is 0.350. The number of nitrogens with one attached hydrogen (secondary N) is 1. The lowest BCUT2D eigenvalue weighted by Gasteiger charge is -2.28. The summed E-state index contributed by atoms with van der Waals surface area (Å²) in [5.74, 6) is 2.09. The van der Waals surface area contributed by atoms with E-state index in [4.69, 9.17) is 14.2 Å². The number of carbonyl (C=O) groups excluding carboxylic acids is 1. The normalized spacial score (nSPS) is 16.2. The number of anilines is 1. The van der Waals surface area contributed by atoms with Gasteiger partial charge in [-0.05, 0) is 31.5 Å². The van der Waals surface area contributed by atoms with Crippen LogP contribution in [0.1, 0.15) is 37.3 Å². The Balaban J connectivity index is 2.02. The number of amides is 1. The molecule has 0 bridgehead atoms. The second kappa shape index (κ2) is 7.05. The zero-order chi connectivity index (χ0) is 18.0. The zero-order valence-electron chi connectivity index (χ0n) is 15.0. The molecule has 2 aromatic rings. The van der Waals surface area contributed by atoms with Crippen molar-refractivity contribution in [2.24, 2.45) is 0 Å². The minimum atomic E-state index is -0.0716. The molecule has 1 amide bonds. The van der Waals surface area contributed by atoms with Gasteiger partial charge in [-0.2, -0.15) is 0 Å². The Kier molecular flexibility index (Phi) is 4.83. The molecular weight excluding hydrogens is 318 g/mol. The van der Waals surface area contributed by atoms with Crippen LogP contribution in [0.2, 0.25) is 0 Å². The maximum Gasteiger partial charge on any atom is 0.225 e. The van der Waals surface area contributed by atoms with E-state index in [9.17, 15) is 4.79 Å². The number of ether oxygens (including phenoxy) is 3. The first-order valence-electron chi connectivity index (χ1n) is 8.34. The van der Waals surface area contributed by atoms with Crippen LogP contribution in [0.4, 0.5) is 5.69 Å². The topological polar surface area (TPSA) is 56.8 Å². The number of hydrogen-bond donors (Lipinski definition) is 1. The van der Waals surface area contributed by atoms with Crippen molar-refractivity contribution in [1.82, 2.24) is 0 Å². The van der Waals surface area contributed by atoms with Gasteiger partial charge in [-0.25, -0.2) is 0 Å². The van der Waals surface area contributed by atoms with Crippen molar-refractivity contribution in [3.8, 4) is 17.2 Å². The predicted octanol–water partition coefficient (Wildman–Crippen LogP) is 3.97. The average Bonchev–Trinajstić information content (AvgIpc) is 2.59. The second-order valence-electron chi connectivity index (χ2n) is 6.33.